The Labute approximate surface area is 327 Å². The average Bonchev–Trinajstić information content (AvgIpc) is 3.62. The zero-order valence-corrected chi connectivity index (χ0v) is 30.8. The minimum Gasteiger partial charge on any atom is -0.310 e. The second-order valence-corrected chi connectivity index (χ2v) is 14.1. The minimum absolute atomic E-state index is 1.09. The van der Waals surface area contributed by atoms with Crippen LogP contribution in [0, 0.1) is 0 Å². The zero-order chi connectivity index (χ0) is 37.3. The maximum Gasteiger partial charge on any atom is 0.0541 e. The van der Waals surface area contributed by atoms with Crippen molar-refractivity contribution in [3.8, 4) is 50.2 Å². The van der Waals surface area contributed by atoms with Crippen LogP contribution in [0.15, 0.2) is 231 Å². The van der Waals surface area contributed by atoms with Gasteiger partial charge in [-0.3, -0.25) is 0 Å². The van der Waals surface area contributed by atoms with E-state index in [1.165, 1.54) is 72.0 Å². The van der Waals surface area contributed by atoms with Gasteiger partial charge in [0.25, 0.3) is 0 Å². The molecule has 10 aromatic rings. The van der Waals surface area contributed by atoms with E-state index in [-0.39, 0.29) is 0 Å². The molecule has 0 atom stereocenters. The van der Waals surface area contributed by atoms with Gasteiger partial charge >= 0.3 is 0 Å². The van der Waals surface area contributed by atoms with Gasteiger partial charge in [0.05, 0.1) is 16.7 Å². The van der Waals surface area contributed by atoms with Crippen LogP contribution in [0.3, 0.4) is 0 Å². The lowest BCUT2D eigenvalue weighted by atomic mass is 9.88. The van der Waals surface area contributed by atoms with Crippen molar-refractivity contribution in [1.82, 2.24) is 4.57 Å². The van der Waals surface area contributed by atoms with E-state index in [2.05, 4.69) is 240 Å². The highest BCUT2D eigenvalue weighted by molar-refractivity contribution is 6.10. The fraction of sp³-hybridized carbons (Fsp3) is 0. The van der Waals surface area contributed by atoms with Crippen LogP contribution in [0.4, 0.5) is 17.1 Å². The first kappa shape index (κ1) is 33.2. The second kappa shape index (κ2) is 14.4. The summed E-state index contributed by atoms with van der Waals surface area (Å²) in [6.07, 6.45) is 0. The van der Waals surface area contributed by atoms with Crippen molar-refractivity contribution in [2.24, 2.45) is 0 Å². The second-order valence-electron chi connectivity index (χ2n) is 14.1. The largest absolute Gasteiger partial charge is 0.310 e. The van der Waals surface area contributed by atoms with Crippen molar-refractivity contribution in [2.45, 2.75) is 0 Å². The highest BCUT2D eigenvalue weighted by Gasteiger charge is 2.20. The molecule has 2 nitrogen and oxygen atoms in total. The van der Waals surface area contributed by atoms with Crippen molar-refractivity contribution < 1.29 is 0 Å². The molecule has 2 heteroatoms. The molecule has 0 aliphatic carbocycles. The third-order valence-corrected chi connectivity index (χ3v) is 10.8. The molecule has 0 radical (unpaired) electrons. The number of benzene rings is 9. The van der Waals surface area contributed by atoms with Crippen molar-refractivity contribution in [3.63, 3.8) is 0 Å². The van der Waals surface area contributed by atoms with Crippen LogP contribution < -0.4 is 4.90 Å². The number of aromatic nitrogens is 1. The molecule has 0 fully saturated rings. The first-order chi connectivity index (χ1) is 27.8. The summed E-state index contributed by atoms with van der Waals surface area (Å²) in [5.74, 6) is 0. The van der Waals surface area contributed by atoms with E-state index in [9.17, 15) is 0 Å². The normalized spacial score (nSPS) is 11.2. The first-order valence-corrected chi connectivity index (χ1v) is 19.2. The quantitative estimate of drug-likeness (QED) is 0.152. The average molecular weight is 715 g/mol. The third kappa shape index (κ3) is 5.95. The van der Waals surface area contributed by atoms with Crippen LogP contribution in [0.25, 0.3) is 72.0 Å². The highest BCUT2D eigenvalue weighted by atomic mass is 15.1. The van der Waals surface area contributed by atoms with Crippen LogP contribution >= 0.6 is 0 Å². The number of anilines is 3. The van der Waals surface area contributed by atoms with E-state index in [0.29, 0.717) is 0 Å². The lowest BCUT2D eigenvalue weighted by Gasteiger charge is -2.28. The molecule has 9 aromatic carbocycles. The molecule has 56 heavy (non-hydrogen) atoms. The highest BCUT2D eigenvalue weighted by Crippen LogP contribution is 2.45. The number of hydrogen-bond donors (Lipinski definition) is 0. The Bertz CT molecular complexity index is 2940. The van der Waals surface area contributed by atoms with Gasteiger partial charge in [-0.25, -0.2) is 0 Å². The van der Waals surface area contributed by atoms with Gasteiger partial charge in [-0.15, -0.1) is 0 Å². The van der Waals surface area contributed by atoms with Crippen LogP contribution in [0.1, 0.15) is 0 Å². The van der Waals surface area contributed by atoms with Gasteiger partial charge in [0.15, 0.2) is 0 Å². The summed E-state index contributed by atoms with van der Waals surface area (Å²) in [5, 5.41) is 2.50. The maximum atomic E-state index is 2.38. The van der Waals surface area contributed by atoms with Crippen molar-refractivity contribution >= 4 is 38.9 Å². The topological polar surface area (TPSA) is 8.17 Å². The summed E-state index contributed by atoms with van der Waals surface area (Å²) < 4.78 is 2.37. The fourth-order valence-corrected chi connectivity index (χ4v) is 8.25. The van der Waals surface area contributed by atoms with Crippen LogP contribution in [-0.2, 0) is 0 Å². The van der Waals surface area contributed by atoms with Crippen LogP contribution in [0.2, 0.25) is 0 Å². The molecule has 0 bridgehead atoms. The van der Waals surface area contributed by atoms with Gasteiger partial charge in [0, 0.05) is 33.4 Å². The van der Waals surface area contributed by atoms with Gasteiger partial charge in [-0.1, -0.05) is 170 Å². The molecule has 0 spiro atoms. The molecule has 0 saturated carbocycles. The Morgan fingerprint density at radius 1 is 0.286 bits per heavy atom. The van der Waals surface area contributed by atoms with Gasteiger partial charge in [0.2, 0.25) is 0 Å². The Kier molecular flexibility index (Phi) is 8.55. The summed E-state index contributed by atoms with van der Waals surface area (Å²) in [6, 6.07) is 83.0. The van der Waals surface area contributed by atoms with Gasteiger partial charge in [0.1, 0.15) is 0 Å². The van der Waals surface area contributed by atoms with Gasteiger partial charge in [-0.05, 0) is 99.6 Å². The van der Waals surface area contributed by atoms with Gasteiger partial charge < -0.3 is 9.47 Å². The molecule has 0 aliphatic rings. The Hall–Kier alpha value is -7.42. The third-order valence-electron chi connectivity index (χ3n) is 10.8. The zero-order valence-electron chi connectivity index (χ0n) is 30.8. The summed E-state index contributed by atoms with van der Waals surface area (Å²) in [4.78, 5) is 2.38. The molecule has 0 saturated heterocycles. The predicted molar refractivity (Wildman–Crippen MR) is 237 cm³/mol. The number of fused-ring (bicyclic) bond motifs is 3. The standard InChI is InChI=1S/C54H38N2/c1-4-18-40(19-5-1)45-24-10-11-25-46(45)47-26-12-13-27-48(47)49-28-14-16-30-52(49)55(42-20-6-2-7-21-42)44-35-32-39(33-36-44)41-34-37-54-51(38-41)50-29-15-17-31-53(50)56(54)43-22-8-3-9-23-43/h1-38H. The van der Waals surface area contributed by atoms with E-state index in [1.807, 2.05) is 0 Å². The van der Waals surface area contributed by atoms with Crippen LogP contribution in [-0.4, -0.2) is 4.57 Å². The van der Waals surface area contributed by atoms with E-state index >= 15 is 0 Å². The van der Waals surface area contributed by atoms with E-state index in [1.54, 1.807) is 0 Å². The molecule has 1 aromatic heterocycles. The number of para-hydroxylation sites is 4. The van der Waals surface area contributed by atoms with E-state index in [0.717, 1.165) is 17.1 Å². The smallest absolute Gasteiger partial charge is 0.0541 e. The van der Waals surface area contributed by atoms with E-state index in [4.69, 9.17) is 0 Å². The lowest BCUT2D eigenvalue weighted by Crippen LogP contribution is -2.11. The lowest BCUT2D eigenvalue weighted by molar-refractivity contribution is 1.18. The fourth-order valence-electron chi connectivity index (χ4n) is 8.25. The molecular weight excluding hydrogens is 677 g/mol. The number of nitrogens with zero attached hydrogens (tertiary/aromatic N) is 2. The monoisotopic (exact) mass is 714 g/mol. The first-order valence-electron chi connectivity index (χ1n) is 19.2. The van der Waals surface area contributed by atoms with Gasteiger partial charge in [-0.2, -0.15) is 0 Å². The van der Waals surface area contributed by atoms with Crippen LogP contribution in [0.5, 0.6) is 0 Å². The molecule has 10 rings (SSSR count). The van der Waals surface area contributed by atoms with Crippen molar-refractivity contribution in [1.29, 1.82) is 0 Å². The summed E-state index contributed by atoms with van der Waals surface area (Å²) in [6.45, 7) is 0. The number of rotatable bonds is 8. The summed E-state index contributed by atoms with van der Waals surface area (Å²) >= 11 is 0. The summed E-state index contributed by atoms with van der Waals surface area (Å²) in [7, 11) is 0. The number of hydrogen-bond acceptors (Lipinski definition) is 1. The van der Waals surface area contributed by atoms with Crippen molar-refractivity contribution in [3.05, 3.63) is 231 Å². The SMILES string of the molecule is c1ccc(-c2ccccc2-c2ccccc2-c2ccccc2N(c2ccccc2)c2ccc(-c3ccc4c(c3)c3ccccc3n4-c3ccccc3)cc2)cc1. The Morgan fingerprint density at radius 3 is 1.48 bits per heavy atom. The maximum absolute atomic E-state index is 2.38. The molecule has 0 N–H and O–H groups in total. The molecule has 264 valence electrons. The minimum atomic E-state index is 1.09. The molecule has 0 amide bonds. The van der Waals surface area contributed by atoms with Crippen molar-refractivity contribution in [2.75, 3.05) is 4.90 Å². The molecule has 1 heterocycles. The predicted octanol–water partition coefficient (Wildman–Crippen LogP) is 14.9. The molecular formula is C54H38N2. The Morgan fingerprint density at radius 2 is 0.768 bits per heavy atom. The molecule has 0 unspecified atom stereocenters. The van der Waals surface area contributed by atoms with E-state index < -0.39 is 0 Å². The Balaban J connectivity index is 1.08. The molecule has 0 aliphatic heterocycles. The summed E-state index contributed by atoms with van der Waals surface area (Å²) in [5.41, 5.74) is 16.5.